The van der Waals surface area contributed by atoms with Gasteiger partial charge in [-0.25, -0.2) is 0 Å². The van der Waals surface area contributed by atoms with Crippen molar-refractivity contribution in [1.29, 1.82) is 0 Å². The highest BCUT2D eigenvalue weighted by molar-refractivity contribution is 7.99. The van der Waals surface area contributed by atoms with Gasteiger partial charge in [-0.2, -0.15) is 0 Å². The van der Waals surface area contributed by atoms with Crippen LogP contribution in [0.25, 0.3) is 5.69 Å². The molecular weight excluding hydrogens is 342 g/mol. The van der Waals surface area contributed by atoms with Crippen LogP contribution in [0.4, 0.5) is 0 Å². The predicted octanol–water partition coefficient (Wildman–Crippen LogP) is 4.74. The molecule has 0 radical (unpaired) electrons. The van der Waals surface area contributed by atoms with E-state index in [1.165, 1.54) is 17.3 Å². The van der Waals surface area contributed by atoms with Gasteiger partial charge in [0.15, 0.2) is 10.9 Å². The monoisotopic (exact) mass is 363 g/mol. The Kier molecular flexibility index (Phi) is 4.64. The standard InChI is InChI=1S/C21H21N3OS/c1-14-3-7-16(8-4-14)19(25)13-26-21-23-22-20(17-9-10-17)24(21)18-11-5-15(2)6-12-18/h3-8,11-12,17H,9-10,13H2,1-2H3. The number of hydrogen-bond donors (Lipinski definition) is 0. The summed E-state index contributed by atoms with van der Waals surface area (Å²) in [4.78, 5) is 12.5. The van der Waals surface area contributed by atoms with E-state index in [4.69, 9.17) is 0 Å². The van der Waals surface area contributed by atoms with Gasteiger partial charge in [-0.3, -0.25) is 9.36 Å². The van der Waals surface area contributed by atoms with Crippen molar-refractivity contribution < 1.29 is 4.79 Å². The van der Waals surface area contributed by atoms with Gasteiger partial charge in [-0.05, 0) is 38.8 Å². The summed E-state index contributed by atoms with van der Waals surface area (Å²) in [7, 11) is 0. The van der Waals surface area contributed by atoms with E-state index in [9.17, 15) is 4.79 Å². The number of aromatic nitrogens is 3. The number of thioether (sulfide) groups is 1. The van der Waals surface area contributed by atoms with Crippen LogP contribution in [0, 0.1) is 13.8 Å². The van der Waals surface area contributed by atoms with Crippen LogP contribution in [0.1, 0.15) is 46.1 Å². The van der Waals surface area contributed by atoms with Gasteiger partial charge in [0.1, 0.15) is 5.82 Å². The summed E-state index contributed by atoms with van der Waals surface area (Å²) in [5, 5.41) is 9.59. The van der Waals surface area contributed by atoms with Gasteiger partial charge in [0.2, 0.25) is 0 Å². The van der Waals surface area contributed by atoms with Crippen LogP contribution < -0.4 is 0 Å². The van der Waals surface area contributed by atoms with E-state index in [0.717, 1.165) is 40.6 Å². The Bertz CT molecular complexity index is 925. The minimum Gasteiger partial charge on any atom is -0.293 e. The molecule has 0 bridgehead atoms. The lowest BCUT2D eigenvalue weighted by Crippen LogP contribution is -2.05. The molecule has 0 saturated heterocycles. The number of Topliss-reactive ketones (excluding diaryl/α,β-unsaturated/α-hetero) is 1. The van der Waals surface area contributed by atoms with E-state index >= 15 is 0 Å². The number of rotatable bonds is 6. The molecule has 132 valence electrons. The van der Waals surface area contributed by atoms with Crippen LogP contribution in [0.5, 0.6) is 0 Å². The maximum absolute atomic E-state index is 12.5. The molecule has 26 heavy (non-hydrogen) atoms. The number of carbonyl (C=O) groups is 1. The zero-order valence-electron chi connectivity index (χ0n) is 15.0. The Hall–Kier alpha value is -2.40. The summed E-state index contributed by atoms with van der Waals surface area (Å²) in [6.07, 6.45) is 2.33. The first-order valence-corrected chi connectivity index (χ1v) is 9.85. The Morgan fingerprint density at radius 3 is 2.23 bits per heavy atom. The van der Waals surface area contributed by atoms with E-state index < -0.39 is 0 Å². The third-order valence-electron chi connectivity index (χ3n) is 4.60. The highest BCUT2D eigenvalue weighted by atomic mass is 32.2. The summed E-state index contributed by atoms with van der Waals surface area (Å²) in [6.45, 7) is 4.10. The molecule has 0 amide bonds. The molecule has 1 fully saturated rings. The second-order valence-electron chi connectivity index (χ2n) is 6.86. The van der Waals surface area contributed by atoms with Gasteiger partial charge in [0.25, 0.3) is 0 Å². The molecule has 0 aliphatic heterocycles. The molecule has 3 aromatic rings. The normalized spacial score (nSPS) is 13.8. The van der Waals surface area contributed by atoms with Crippen molar-refractivity contribution in [2.45, 2.75) is 37.8 Å². The van der Waals surface area contributed by atoms with Crippen LogP contribution in [0.2, 0.25) is 0 Å². The lowest BCUT2D eigenvalue weighted by molar-refractivity contribution is 0.102. The molecule has 1 aliphatic carbocycles. The lowest BCUT2D eigenvalue weighted by atomic mass is 10.1. The SMILES string of the molecule is Cc1ccc(C(=O)CSc2nnc(C3CC3)n2-c2ccc(C)cc2)cc1. The van der Waals surface area contributed by atoms with Gasteiger partial charge in [-0.15, -0.1) is 10.2 Å². The van der Waals surface area contributed by atoms with Crippen molar-refractivity contribution in [3.05, 3.63) is 71.0 Å². The Morgan fingerprint density at radius 1 is 1.00 bits per heavy atom. The van der Waals surface area contributed by atoms with Crippen molar-refractivity contribution in [3.8, 4) is 5.69 Å². The zero-order chi connectivity index (χ0) is 18.1. The number of aryl methyl sites for hydroxylation is 2. The molecule has 1 heterocycles. The fourth-order valence-corrected chi connectivity index (χ4v) is 3.72. The molecule has 1 saturated carbocycles. The molecule has 5 heteroatoms. The second-order valence-corrected chi connectivity index (χ2v) is 7.81. The Labute approximate surface area is 157 Å². The van der Waals surface area contributed by atoms with E-state index in [1.54, 1.807) is 0 Å². The molecular formula is C21H21N3OS. The lowest BCUT2D eigenvalue weighted by Gasteiger charge is -2.10. The third kappa shape index (κ3) is 3.58. The van der Waals surface area contributed by atoms with Gasteiger partial charge >= 0.3 is 0 Å². The molecule has 2 aromatic carbocycles. The smallest absolute Gasteiger partial charge is 0.196 e. The average molecular weight is 363 g/mol. The minimum atomic E-state index is 0.112. The van der Waals surface area contributed by atoms with E-state index in [-0.39, 0.29) is 5.78 Å². The summed E-state index contributed by atoms with van der Waals surface area (Å²) >= 11 is 1.46. The van der Waals surface area contributed by atoms with Gasteiger partial charge < -0.3 is 0 Å². The summed E-state index contributed by atoms with van der Waals surface area (Å²) < 4.78 is 2.12. The van der Waals surface area contributed by atoms with Crippen molar-refractivity contribution in [2.75, 3.05) is 5.75 Å². The van der Waals surface area contributed by atoms with Crippen LogP contribution >= 0.6 is 11.8 Å². The summed E-state index contributed by atoms with van der Waals surface area (Å²) in [5.74, 6) is 1.98. The highest BCUT2D eigenvalue weighted by Crippen LogP contribution is 2.41. The first-order chi connectivity index (χ1) is 12.6. The molecule has 1 aliphatic rings. The van der Waals surface area contributed by atoms with Crippen LogP contribution in [0.15, 0.2) is 53.7 Å². The zero-order valence-corrected chi connectivity index (χ0v) is 15.8. The summed E-state index contributed by atoms with van der Waals surface area (Å²) in [6, 6.07) is 16.1. The molecule has 4 nitrogen and oxygen atoms in total. The van der Waals surface area contributed by atoms with E-state index in [2.05, 4.69) is 46.0 Å². The van der Waals surface area contributed by atoms with Crippen molar-refractivity contribution in [2.24, 2.45) is 0 Å². The van der Waals surface area contributed by atoms with Crippen LogP contribution in [0.3, 0.4) is 0 Å². The highest BCUT2D eigenvalue weighted by Gasteiger charge is 2.31. The maximum atomic E-state index is 12.5. The molecule has 4 rings (SSSR count). The van der Waals surface area contributed by atoms with E-state index in [1.807, 2.05) is 31.2 Å². The van der Waals surface area contributed by atoms with Gasteiger partial charge in [0.05, 0.1) is 5.75 Å². The van der Waals surface area contributed by atoms with Crippen molar-refractivity contribution in [1.82, 2.24) is 14.8 Å². The van der Waals surface area contributed by atoms with E-state index in [0.29, 0.717) is 11.7 Å². The molecule has 0 atom stereocenters. The van der Waals surface area contributed by atoms with Gasteiger partial charge in [0, 0.05) is 17.2 Å². The quantitative estimate of drug-likeness (QED) is 0.469. The fourth-order valence-electron chi connectivity index (χ4n) is 2.87. The average Bonchev–Trinajstić information content (AvgIpc) is 3.41. The topological polar surface area (TPSA) is 47.8 Å². The molecule has 1 aromatic heterocycles. The third-order valence-corrected chi connectivity index (χ3v) is 5.53. The summed E-state index contributed by atoms with van der Waals surface area (Å²) in [5.41, 5.74) is 4.18. The minimum absolute atomic E-state index is 0.112. The molecule has 0 N–H and O–H groups in total. The van der Waals surface area contributed by atoms with Crippen LogP contribution in [-0.2, 0) is 0 Å². The molecule has 0 unspecified atom stereocenters. The Morgan fingerprint density at radius 2 is 1.62 bits per heavy atom. The van der Waals surface area contributed by atoms with Crippen molar-refractivity contribution in [3.63, 3.8) is 0 Å². The maximum Gasteiger partial charge on any atom is 0.196 e. The fraction of sp³-hybridized carbons (Fsp3) is 0.286. The first-order valence-electron chi connectivity index (χ1n) is 8.87. The van der Waals surface area contributed by atoms with Crippen molar-refractivity contribution >= 4 is 17.5 Å². The second kappa shape index (κ2) is 7.08. The van der Waals surface area contributed by atoms with Crippen LogP contribution in [-0.4, -0.2) is 26.3 Å². The number of ketones is 1. The number of hydrogen-bond acceptors (Lipinski definition) is 4. The predicted molar refractivity (Wildman–Crippen MR) is 104 cm³/mol. The number of nitrogens with zero attached hydrogens (tertiary/aromatic N) is 3. The Balaban J connectivity index is 1.57. The first kappa shape index (κ1) is 17.0. The largest absolute Gasteiger partial charge is 0.293 e. The van der Waals surface area contributed by atoms with Gasteiger partial charge in [-0.1, -0.05) is 59.3 Å². The number of benzene rings is 2. The number of carbonyl (C=O) groups excluding carboxylic acids is 1. The molecule has 0 spiro atoms.